The summed E-state index contributed by atoms with van der Waals surface area (Å²) in [6.45, 7) is 0.416. The van der Waals surface area contributed by atoms with Crippen molar-refractivity contribution in [2.45, 2.75) is 11.6 Å². The van der Waals surface area contributed by atoms with Gasteiger partial charge in [-0.3, -0.25) is 14.3 Å². The lowest BCUT2D eigenvalue weighted by Crippen LogP contribution is -2.32. The SMILES string of the molecule is O=C1CNC(=O)N1CCCSc1nnc(-c2ccccc2)n1-c1ccc(F)cc1. The van der Waals surface area contributed by atoms with Crippen LogP contribution in [0.15, 0.2) is 59.8 Å². The summed E-state index contributed by atoms with van der Waals surface area (Å²) in [5.74, 6) is 0.783. The van der Waals surface area contributed by atoms with Gasteiger partial charge in [-0.25, -0.2) is 9.18 Å². The van der Waals surface area contributed by atoms with Crippen LogP contribution in [0.3, 0.4) is 0 Å². The molecule has 1 N–H and O–H groups in total. The van der Waals surface area contributed by atoms with Crippen LogP contribution in [0.5, 0.6) is 0 Å². The molecule has 1 aliphatic rings. The van der Waals surface area contributed by atoms with Crippen molar-refractivity contribution in [3.05, 3.63) is 60.4 Å². The molecule has 1 aliphatic heterocycles. The Labute approximate surface area is 170 Å². The van der Waals surface area contributed by atoms with Gasteiger partial charge in [0, 0.05) is 23.5 Å². The zero-order valence-corrected chi connectivity index (χ0v) is 16.2. The zero-order chi connectivity index (χ0) is 20.2. The van der Waals surface area contributed by atoms with E-state index in [2.05, 4.69) is 15.5 Å². The number of thioether (sulfide) groups is 1. The average molecular weight is 411 g/mol. The van der Waals surface area contributed by atoms with E-state index in [4.69, 9.17) is 0 Å². The first kappa shape index (κ1) is 19.1. The van der Waals surface area contributed by atoms with Crippen molar-refractivity contribution in [1.82, 2.24) is 25.0 Å². The Morgan fingerprint density at radius 1 is 1.03 bits per heavy atom. The molecule has 2 aromatic carbocycles. The maximum atomic E-state index is 13.4. The van der Waals surface area contributed by atoms with Gasteiger partial charge < -0.3 is 5.32 Å². The van der Waals surface area contributed by atoms with Crippen LogP contribution in [0.4, 0.5) is 9.18 Å². The van der Waals surface area contributed by atoms with Gasteiger partial charge in [-0.2, -0.15) is 0 Å². The molecule has 0 radical (unpaired) electrons. The maximum Gasteiger partial charge on any atom is 0.324 e. The minimum atomic E-state index is -0.346. The predicted octanol–water partition coefficient (Wildman–Crippen LogP) is 3.11. The van der Waals surface area contributed by atoms with Gasteiger partial charge in [-0.1, -0.05) is 42.1 Å². The van der Waals surface area contributed by atoms with Crippen molar-refractivity contribution in [3.63, 3.8) is 0 Å². The Morgan fingerprint density at radius 3 is 2.48 bits per heavy atom. The van der Waals surface area contributed by atoms with Crippen molar-refractivity contribution in [1.29, 1.82) is 0 Å². The van der Waals surface area contributed by atoms with Crippen molar-refractivity contribution < 1.29 is 14.0 Å². The van der Waals surface area contributed by atoms with Crippen LogP contribution >= 0.6 is 11.8 Å². The summed E-state index contributed by atoms with van der Waals surface area (Å²) in [5.41, 5.74) is 1.65. The molecule has 0 spiro atoms. The molecular formula is C20H18FN5O2S. The molecule has 9 heteroatoms. The Kier molecular flexibility index (Phi) is 5.57. The molecule has 1 aromatic heterocycles. The van der Waals surface area contributed by atoms with Gasteiger partial charge in [0.2, 0.25) is 5.91 Å². The summed E-state index contributed by atoms with van der Waals surface area (Å²) < 4.78 is 15.3. The minimum absolute atomic E-state index is 0.0608. The molecule has 0 saturated carbocycles. The number of carbonyl (C=O) groups excluding carboxylic acids is 2. The molecule has 29 heavy (non-hydrogen) atoms. The third-order valence-electron chi connectivity index (χ3n) is 4.44. The highest BCUT2D eigenvalue weighted by atomic mass is 32.2. The lowest BCUT2D eigenvalue weighted by atomic mass is 10.2. The summed E-state index contributed by atoms with van der Waals surface area (Å²) in [6.07, 6.45) is 0.626. The first-order chi connectivity index (χ1) is 14.1. The summed E-state index contributed by atoms with van der Waals surface area (Å²) in [7, 11) is 0. The number of imide groups is 1. The van der Waals surface area contributed by atoms with E-state index in [1.165, 1.54) is 28.8 Å². The van der Waals surface area contributed by atoms with Crippen molar-refractivity contribution >= 4 is 23.7 Å². The van der Waals surface area contributed by atoms with Crippen LogP contribution in [0.2, 0.25) is 0 Å². The van der Waals surface area contributed by atoms with E-state index < -0.39 is 0 Å². The first-order valence-corrected chi connectivity index (χ1v) is 10.1. The van der Waals surface area contributed by atoms with Crippen LogP contribution in [-0.2, 0) is 4.79 Å². The van der Waals surface area contributed by atoms with E-state index in [0.717, 1.165) is 11.3 Å². The van der Waals surface area contributed by atoms with Gasteiger partial charge in [-0.15, -0.1) is 10.2 Å². The lowest BCUT2D eigenvalue weighted by molar-refractivity contribution is -0.124. The quantitative estimate of drug-likeness (QED) is 0.367. The highest BCUT2D eigenvalue weighted by Gasteiger charge is 2.27. The summed E-state index contributed by atoms with van der Waals surface area (Å²) in [6, 6.07) is 15.5. The molecule has 3 amide bonds. The van der Waals surface area contributed by atoms with E-state index in [0.29, 0.717) is 29.7 Å². The third-order valence-corrected chi connectivity index (χ3v) is 5.46. The van der Waals surface area contributed by atoms with Crippen LogP contribution in [-0.4, -0.2) is 50.4 Å². The number of carbonyl (C=O) groups is 2. The predicted molar refractivity (Wildman–Crippen MR) is 107 cm³/mol. The molecule has 2 heterocycles. The molecular weight excluding hydrogens is 393 g/mol. The number of benzene rings is 2. The van der Waals surface area contributed by atoms with Gasteiger partial charge in [-0.05, 0) is 30.7 Å². The largest absolute Gasteiger partial charge is 0.329 e. The number of aromatic nitrogens is 3. The number of urea groups is 1. The number of hydrogen-bond acceptors (Lipinski definition) is 5. The fourth-order valence-electron chi connectivity index (χ4n) is 3.03. The maximum absolute atomic E-state index is 13.4. The van der Waals surface area contributed by atoms with Crippen LogP contribution in [0.25, 0.3) is 17.1 Å². The Bertz CT molecular complexity index is 1010. The fourth-order valence-corrected chi connectivity index (χ4v) is 3.90. The molecule has 1 fully saturated rings. The highest BCUT2D eigenvalue weighted by molar-refractivity contribution is 7.99. The van der Waals surface area contributed by atoms with E-state index in [9.17, 15) is 14.0 Å². The van der Waals surface area contributed by atoms with Gasteiger partial charge in [0.1, 0.15) is 5.82 Å². The van der Waals surface area contributed by atoms with Gasteiger partial charge in [0.25, 0.3) is 0 Å². The van der Waals surface area contributed by atoms with Crippen molar-refractivity contribution in [2.24, 2.45) is 0 Å². The molecule has 7 nitrogen and oxygen atoms in total. The summed E-state index contributed by atoms with van der Waals surface area (Å²) in [4.78, 5) is 24.5. The zero-order valence-electron chi connectivity index (χ0n) is 15.4. The number of halogens is 1. The summed E-state index contributed by atoms with van der Waals surface area (Å²) >= 11 is 1.47. The monoisotopic (exact) mass is 411 g/mol. The van der Waals surface area contributed by atoms with Gasteiger partial charge in [0.15, 0.2) is 11.0 Å². The molecule has 0 unspecified atom stereocenters. The highest BCUT2D eigenvalue weighted by Crippen LogP contribution is 2.28. The average Bonchev–Trinajstić information content (AvgIpc) is 3.30. The van der Waals surface area contributed by atoms with Crippen molar-refractivity contribution in [3.8, 4) is 17.1 Å². The van der Waals surface area contributed by atoms with E-state index in [1.807, 2.05) is 34.9 Å². The Morgan fingerprint density at radius 2 is 1.79 bits per heavy atom. The number of amides is 3. The second-order valence-electron chi connectivity index (χ2n) is 6.39. The second-order valence-corrected chi connectivity index (χ2v) is 7.45. The van der Waals surface area contributed by atoms with E-state index >= 15 is 0 Å². The number of nitrogens with zero attached hydrogens (tertiary/aromatic N) is 4. The topological polar surface area (TPSA) is 80.1 Å². The molecule has 148 valence electrons. The Balaban J connectivity index is 1.53. The molecule has 0 atom stereocenters. The first-order valence-electron chi connectivity index (χ1n) is 9.11. The number of nitrogens with one attached hydrogen (secondary N) is 1. The molecule has 1 saturated heterocycles. The Hall–Kier alpha value is -3.20. The van der Waals surface area contributed by atoms with Crippen LogP contribution in [0, 0.1) is 5.82 Å². The number of rotatable bonds is 7. The smallest absolute Gasteiger partial charge is 0.324 e. The number of hydrogen-bond donors (Lipinski definition) is 1. The third kappa shape index (κ3) is 4.14. The van der Waals surface area contributed by atoms with E-state index in [1.54, 1.807) is 12.1 Å². The molecule has 0 bridgehead atoms. The van der Waals surface area contributed by atoms with E-state index in [-0.39, 0.29) is 24.3 Å². The normalized spacial score (nSPS) is 13.8. The van der Waals surface area contributed by atoms with Crippen LogP contribution in [0.1, 0.15) is 6.42 Å². The summed E-state index contributed by atoms with van der Waals surface area (Å²) in [5, 5.41) is 11.8. The van der Waals surface area contributed by atoms with Crippen LogP contribution < -0.4 is 5.32 Å². The molecule has 0 aliphatic carbocycles. The van der Waals surface area contributed by atoms with Crippen molar-refractivity contribution in [2.75, 3.05) is 18.8 Å². The minimum Gasteiger partial charge on any atom is -0.329 e. The van der Waals surface area contributed by atoms with Gasteiger partial charge in [0.05, 0.1) is 6.54 Å². The standard InChI is InChI=1S/C20H18FN5O2S/c21-15-7-9-16(10-8-15)26-18(14-5-2-1-3-6-14)23-24-20(26)29-12-4-11-25-17(27)13-22-19(25)28/h1-3,5-10H,4,11-13H2,(H,22,28). The fraction of sp³-hybridized carbons (Fsp3) is 0.200. The molecule has 3 aromatic rings. The molecule has 4 rings (SSSR count). The second kappa shape index (κ2) is 8.44. The lowest BCUT2D eigenvalue weighted by Gasteiger charge is -2.12. The van der Waals surface area contributed by atoms with Gasteiger partial charge >= 0.3 is 6.03 Å².